The number of esters is 2. The minimum absolute atomic E-state index is 0.0376. The number of hydrogen-bond acceptors (Lipinski definition) is 6. The normalized spacial score (nSPS) is 47.1. The number of carbonyl (C=O) groups is 2. The van der Waals surface area contributed by atoms with Crippen molar-refractivity contribution in [1.82, 2.24) is 0 Å². The van der Waals surface area contributed by atoms with Gasteiger partial charge >= 0.3 is 11.9 Å². The first kappa shape index (κ1) is 25.3. The summed E-state index contributed by atoms with van der Waals surface area (Å²) in [5.74, 6) is 0.654. The van der Waals surface area contributed by atoms with Crippen molar-refractivity contribution in [3.63, 3.8) is 0 Å². The van der Waals surface area contributed by atoms with Crippen molar-refractivity contribution < 1.29 is 29.3 Å². The molecule has 1 heterocycles. The maximum absolute atomic E-state index is 12.3. The van der Waals surface area contributed by atoms with Crippen molar-refractivity contribution >= 4 is 11.9 Å². The van der Waals surface area contributed by atoms with Gasteiger partial charge in [-0.2, -0.15) is 0 Å². The van der Waals surface area contributed by atoms with E-state index in [9.17, 15) is 19.8 Å². The van der Waals surface area contributed by atoms with Crippen LogP contribution in [-0.2, 0) is 19.1 Å². The van der Waals surface area contributed by atoms with E-state index in [0.29, 0.717) is 34.8 Å². The molecule has 6 nitrogen and oxygen atoms in total. The lowest BCUT2D eigenvalue weighted by Crippen LogP contribution is -2.61. The topological polar surface area (TPSA) is 93.1 Å². The molecule has 0 bridgehead atoms. The molecule has 4 aliphatic carbocycles. The molecular formula is C29H44O6. The van der Waals surface area contributed by atoms with Crippen LogP contribution in [0.5, 0.6) is 0 Å². The summed E-state index contributed by atoms with van der Waals surface area (Å²) in [5.41, 5.74) is 1.26. The summed E-state index contributed by atoms with van der Waals surface area (Å²) in [5, 5.41) is 20.2. The van der Waals surface area contributed by atoms with Crippen LogP contribution in [0.3, 0.4) is 0 Å². The van der Waals surface area contributed by atoms with Gasteiger partial charge in [0.15, 0.2) is 0 Å². The fourth-order valence-electron chi connectivity index (χ4n) is 10.3. The van der Waals surface area contributed by atoms with Crippen molar-refractivity contribution in [2.24, 2.45) is 45.3 Å². The Kier molecular flexibility index (Phi) is 5.99. The van der Waals surface area contributed by atoms with E-state index in [1.54, 1.807) is 0 Å². The van der Waals surface area contributed by atoms with Gasteiger partial charge in [-0.05, 0) is 98.2 Å². The third-order valence-electron chi connectivity index (χ3n) is 11.6. The zero-order chi connectivity index (χ0) is 25.4. The molecule has 5 aliphatic rings. The zero-order valence-electron chi connectivity index (χ0n) is 22.1. The van der Waals surface area contributed by atoms with Crippen LogP contribution in [-0.4, -0.2) is 41.2 Å². The standard InChI is InChI=1S/C29H44O6/c1-17(30)24(32)34-16-29-12-8-21-27(4)10-6-9-26(2,3)20(27)7-11-28(21,5)22(29)13-18(15-29)19-14-23(31)35-25(19)33/h14,17-18,20-22,25,30,33H,6-13,15-16H2,1-5H3/t17?,18-,20+,21-,22+,25?,27+,28-,29-/m1/s1. The molecule has 2 unspecified atom stereocenters. The monoisotopic (exact) mass is 488 g/mol. The van der Waals surface area contributed by atoms with Gasteiger partial charge in [0.25, 0.3) is 0 Å². The second kappa shape index (κ2) is 8.31. The number of aliphatic hydroxyl groups is 2. The molecule has 6 heteroatoms. The summed E-state index contributed by atoms with van der Waals surface area (Å²) >= 11 is 0. The summed E-state index contributed by atoms with van der Waals surface area (Å²) in [4.78, 5) is 24.2. The molecule has 0 aromatic carbocycles. The SMILES string of the molecule is CC(O)C(=O)OC[C@]12CC[C@H]3[C@@](C)(CC[C@H]4C(C)(C)CCC[C@]34C)[C@@H]1C[C@@H](C1=CC(=O)OC1O)C2. The van der Waals surface area contributed by atoms with E-state index in [1.807, 2.05) is 0 Å². The maximum Gasteiger partial charge on any atom is 0.334 e. The fraction of sp³-hybridized carbons (Fsp3) is 0.862. The fourth-order valence-corrected chi connectivity index (χ4v) is 10.3. The van der Waals surface area contributed by atoms with Crippen LogP contribution in [0.1, 0.15) is 92.4 Å². The van der Waals surface area contributed by atoms with Gasteiger partial charge < -0.3 is 19.7 Å². The van der Waals surface area contributed by atoms with E-state index in [-0.39, 0.29) is 16.7 Å². The number of cyclic esters (lactones) is 1. The van der Waals surface area contributed by atoms with E-state index in [1.165, 1.54) is 45.1 Å². The molecule has 2 N–H and O–H groups in total. The van der Waals surface area contributed by atoms with Crippen LogP contribution in [0, 0.1) is 45.3 Å². The quantitative estimate of drug-likeness (QED) is 0.554. The highest BCUT2D eigenvalue weighted by molar-refractivity contribution is 5.85. The first-order valence-electron chi connectivity index (χ1n) is 13.8. The zero-order valence-corrected chi connectivity index (χ0v) is 22.1. The lowest BCUT2D eigenvalue weighted by atomic mass is 9.37. The molecule has 0 amide bonds. The van der Waals surface area contributed by atoms with Crippen LogP contribution in [0.2, 0.25) is 0 Å². The van der Waals surface area contributed by atoms with Gasteiger partial charge in [-0.3, -0.25) is 0 Å². The maximum atomic E-state index is 12.3. The molecule has 0 aromatic heterocycles. The number of carbonyl (C=O) groups excluding carboxylic acids is 2. The van der Waals surface area contributed by atoms with Crippen molar-refractivity contribution in [2.75, 3.05) is 6.61 Å². The Bertz CT molecular complexity index is 922. The van der Waals surface area contributed by atoms with Gasteiger partial charge in [-0.15, -0.1) is 0 Å². The number of ether oxygens (including phenoxy) is 2. The van der Waals surface area contributed by atoms with Crippen LogP contribution in [0.25, 0.3) is 0 Å². The third-order valence-corrected chi connectivity index (χ3v) is 11.6. The highest BCUT2D eigenvalue weighted by atomic mass is 16.6. The Morgan fingerprint density at radius 3 is 2.43 bits per heavy atom. The molecule has 0 aromatic rings. The van der Waals surface area contributed by atoms with Gasteiger partial charge in [0.2, 0.25) is 6.29 Å². The van der Waals surface area contributed by atoms with Gasteiger partial charge in [0.1, 0.15) is 6.10 Å². The Balaban J connectivity index is 1.50. The minimum atomic E-state index is -1.17. The van der Waals surface area contributed by atoms with E-state index < -0.39 is 24.3 Å². The lowest BCUT2D eigenvalue weighted by Gasteiger charge is -2.67. The minimum Gasteiger partial charge on any atom is -0.463 e. The highest BCUT2D eigenvalue weighted by Crippen LogP contribution is 2.74. The van der Waals surface area contributed by atoms with Crippen LogP contribution < -0.4 is 0 Å². The number of aliphatic hydroxyl groups excluding tert-OH is 2. The van der Waals surface area contributed by atoms with Crippen LogP contribution >= 0.6 is 0 Å². The summed E-state index contributed by atoms with van der Waals surface area (Å²) in [6.45, 7) is 11.7. The predicted octanol–water partition coefficient (Wildman–Crippen LogP) is 4.77. The summed E-state index contributed by atoms with van der Waals surface area (Å²) in [6, 6.07) is 0. The van der Waals surface area contributed by atoms with E-state index in [2.05, 4.69) is 27.7 Å². The lowest BCUT2D eigenvalue weighted by molar-refractivity contribution is -0.198. The van der Waals surface area contributed by atoms with E-state index in [0.717, 1.165) is 31.6 Å². The van der Waals surface area contributed by atoms with Crippen molar-refractivity contribution in [3.8, 4) is 0 Å². The van der Waals surface area contributed by atoms with Crippen molar-refractivity contribution in [1.29, 1.82) is 0 Å². The van der Waals surface area contributed by atoms with Gasteiger partial charge in [0.05, 0.1) is 6.61 Å². The second-order valence-corrected chi connectivity index (χ2v) is 13.8. The Morgan fingerprint density at radius 2 is 1.77 bits per heavy atom. The van der Waals surface area contributed by atoms with Crippen molar-refractivity contribution in [3.05, 3.63) is 11.6 Å². The largest absolute Gasteiger partial charge is 0.463 e. The second-order valence-electron chi connectivity index (χ2n) is 13.8. The van der Waals surface area contributed by atoms with Gasteiger partial charge in [-0.25, -0.2) is 9.59 Å². The molecule has 9 atom stereocenters. The summed E-state index contributed by atoms with van der Waals surface area (Å²) in [6.07, 6.45) is 9.19. The first-order chi connectivity index (χ1) is 16.3. The van der Waals surface area contributed by atoms with Crippen LogP contribution in [0.4, 0.5) is 0 Å². The molecule has 196 valence electrons. The predicted molar refractivity (Wildman–Crippen MR) is 131 cm³/mol. The Hall–Kier alpha value is -1.40. The number of fused-ring (bicyclic) bond motifs is 5. The molecule has 0 spiro atoms. The number of hydrogen-bond donors (Lipinski definition) is 2. The molecule has 0 saturated heterocycles. The highest BCUT2D eigenvalue weighted by Gasteiger charge is 2.67. The first-order valence-corrected chi connectivity index (χ1v) is 13.8. The molecule has 1 aliphatic heterocycles. The van der Waals surface area contributed by atoms with E-state index >= 15 is 0 Å². The molecule has 35 heavy (non-hydrogen) atoms. The van der Waals surface area contributed by atoms with Gasteiger partial charge in [-0.1, -0.05) is 34.1 Å². The average molecular weight is 489 g/mol. The third kappa shape index (κ3) is 3.80. The van der Waals surface area contributed by atoms with Gasteiger partial charge in [0, 0.05) is 17.1 Å². The molecular weight excluding hydrogens is 444 g/mol. The average Bonchev–Trinajstić information content (AvgIpc) is 3.31. The number of rotatable bonds is 4. The molecule has 0 radical (unpaired) electrons. The molecule has 4 saturated carbocycles. The molecule has 4 fully saturated rings. The molecule has 5 rings (SSSR count). The van der Waals surface area contributed by atoms with Crippen molar-refractivity contribution in [2.45, 2.75) is 105 Å². The van der Waals surface area contributed by atoms with Crippen LogP contribution in [0.15, 0.2) is 11.6 Å². The Morgan fingerprint density at radius 1 is 1.09 bits per heavy atom. The smallest absolute Gasteiger partial charge is 0.334 e. The van der Waals surface area contributed by atoms with E-state index in [4.69, 9.17) is 9.47 Å². The summed E-state index contributed by atoms with van der Waals surface area (Å²) in [7, 11) is 0. The Labute approximate surface area is 209 Å². The summed E-state index contributed by atoms with van der Waals surface area (Å²) < 4.78 is 10.8.